The number of hydrogen-bond donors (Lipinski definition) is 2. The Bertz CT molecular complexity index is 847. The number of imidazole rings is 1. The molecule has 0 saturated carbocycles. The van der Waals surface area contributed by atoms with Crippen molar-refractivity contribution in [1.29, 1.82) is 0 Å². The van der Waals surface area contributed by atoms with E-state index in [1.807, 2.05) is 0 Å². The lowest BCUT2D eigenvalue weighted by molar-refractivity contribution is 0.0690. The second kappa shape index (κ2) is 5.38. The number of anilines is 2. The zero-order valence-corrected chi connectivity index (χ0v) is 12.9. The Morgan fingerprint density at radius 1 is 1.33 bits per heavy atom. The van der Waals surface area contributed by atoms with E-state index in [0.717, 1.165) is 4.47 Å². The molecule has 0 fully saturated rings. The summed E-state index contributed by atoms with van der Waals surface area (Å²) in [5.41, 5.74) is 1.29. The second-order valence-corrected chi connectivity index (χ2v) is 5.56. The molecule has 2 heterocycles. The Kier molecular flexibility index (Phi) is 3.57. The van der Waals surface area contributed by atoms with Gasteiger partial charge in [-0.05, 0) is 46.3 Å². The van der Waals surface area contributed by atoms with Crippen LogP contribution in [-0.4, -0.2) is 20.5 Å². The first-order chi connectivity index (χ1) is 10.1. The maximum Gasteiger partial charge on any atom is 0.356 e. The van der Waals surface area contributed by atoms with Crippen molar-refractivity contribution in [1.82, 2.24) is 9.38 Å². The number of hydrogen-bond acceptors (Lipinski definition) is 3. The van der Waals surface area contributed by atoms with Gasteiger partial charge in [0.15, 0.2) is 11.5 Å². The molecule has 5 nitrogen and oxygen atoms in total. The summed E-state index contributed by atoms with van der Waals surface area (Å²) in [4.78, 5) is 15.8. The molecule has 0 bridgehead atoms. The van der Waals surface area contributed by atoms with Crippen molar-refractivity contribution in [2.45, 2.75) is 0 Å². The van der Waals surface area contributed by atoms with Gasteiger partial charge in [-0.2, -0.15) is 0 Å². The lowest BCUT2D eigenvalue weighted by Gasteiger charge is -2.06. The van der Waals surface area contributed by atoms with Gasteiger partial charge < -0.3 is 10.4 Å². The average molecular weight is 367 g/mol. The van der Waals surface area contributed by atoms with Crippen LogP contribution in [0.1, 0.15) is 10.5 Å². The van der Waals surface area contributed by atoms with Gasteiger partial charge in [0.25, 0.3) is 0 Å². The lowest BCUT2D eigenvalue weighted by atomic mass is 10.3. The molecule has 106 valence electrons. The number of nitrogens with zero attached hydrogens (tertiary/aromatic N) is 2. The van der Waals surface area contributed by atoms with Crippen molar-refractivity contribution >= 4 is 50.7 Å². The van der Waals surface area contributed by atoms with Gasteiger partial charge in [0.2, 0.25) is 0 Å². The molecule has 0 unspecified atom stereocenters. The van der Waals surface area contributed by atoms with Crippen molar-refractivity contribution in [3.63, 3.8) is 0 Å². The van der Waals surface area contributed by atoms with Gasteiger partial charge >= 0.3 is 5.97 Å². The molecule has 21 heavy (non-hydrogen) atoms. The highest BCUT2D eigenvalue weighted by Crippen LogP contribution is 2.28. The Balaban J connectivity index is 2.09. The Hall–Kier alpha value is -2.05. The maximum atomic E-state index is 11.5. The number of halogens is 2. The largest absolute Gasteiger partial charge is 0.476 e. The minimum Gasteiger partial charge on any atom is -0.476 e. The molecule has 0 aliphatic carbocycles. The average Bonchev–Trinajstić information content (AvgIpc) is 2.80. The molecule has 0 atom stereocenters. The predicted molar refractivity (Wildman–Crippen MR) is 84.6 cm³/mol. The van der Waals surface area contributed by atoms with Gasteiger partial charge in [-0.15, -0.1) is 0 Å². The molecule has 0 radical (unpaired) electrons. The molecule has 0 aliphatic rings. The highest BCUT2D eigenvalue weighted by Gasteiger charge is 2.18. The predicted octanol–water partition coefficient (Wildman–Crippen LogP) is 4.19. The van der Waals surface area contributed by atoms with Crippen LogP contribution in [0.15, 0.2) is 47.1 Å². The molecule has 0 amide bonds. The highest BCUT2D eigenvalue weighted by molar-refractivity contribution is 9.10. The van der Waals surface area contributed by atoms with E-state index in [0.29, 0.717) is 16.4 Å². The number of benzene rings is 1. The Morgan fingerprint density at radius 2 is 2.14 bits per heavy atom. The zero-order valence-electron chi connectivity index (χ0n) is 10.5. The van der Waals surface area contributed by atoms with Crippen LogP contribution in [-0.2, 0) is 0 Å². The molecule has 0 spiro atoms. The van der Waals surface area contributed by atoms with Gasteiger partial charge in [0.05, 0.1) is 5.02 Å². The number of carboxylic acid groups (broad SMARTS) is 1. The number of aromatic carboxylic acids is 1. The van der Waals surface area contributed by atoms with E-state index < -0.39 is 5.97 Å². The Morgan fingerprint density at radius 3 is 2.86 bits per heavy atom. The first-order valence-electron chi connectivity index (χ1n) is 5.99. The van der Waals surface area contributed by atoms with Crippen molar-refractivity contribution in [3.8, 4) is 0 Å². The van der Waals surface area contributed by atoms with Crippen LogP contribution in [0.4, 0.5) is 11.5 Å². The topological polar surface area (TPSA) is 66.6 Å². The standard InChI is InChI=1S/C14H9BrClN3O2/c15-9-5-4-8(7-10(9)16)17-13-12(14(20)21)19-6-2-1-3-11(19)18-13/h1-7,17H,(H,20,21). The van der Waals surface area contributed by atoms with E-state index in [1.165, 1.54) is 4.40 Å². The van der Waals surface area contributed by atoms with E-state index in [-0.39, 0.29) is 11.5 Å². The quantitative estimate of drug-likeness (QED) is 0.729. The van der Waals surface area contributed by atoms with Gasteiger partial charge in [0.1, 0.15) is 5.65 Å². The molecular formula is C14H9BrClN3O2. The lowest BCUT2D eigenvalue weighted by Crippen LogP contribution is -2.05. The van der Waals surface area contributed by atoms with E-state index in [1.54, 1.807) is 42.6 Å². The van der Waals surface area contributed by atoms with Gasteiger partial charge in [-0.3, -0.25) is 4.40 Å². The zero-order chi connectivity index (χ0) is 15.0. The van der Waals surface area contributed by atoms with Crippen LogP contribution in [0.2, 0.25) is 5.02 Å². The number of aromatic nitrogens is 2. The van der Waals surface area contributed by atoms with Gasteiger partial charge in [0, 0.05) is 16.4 Å². The van der Waals surface area contributed by atoms with Crippen LogP contribution in [0.3, 0.4) is 0 Å². The fourth-order valence-corrected chi connectivity index (χ4v) is 2.43. The van der Waals surface area contributed by atoms with E-state index in [4.69, 9.17) is 11.6 Å². The molecule has 7 heteroatoms. The molecule has 1 aromatic carbocycles. The molecule has 0 aliphatic heterocycles. The molecule has 3 aromatic rings. The van der Waals surface area contributed by atoms with Gasteiger partial charge in [-0.25, -0.2) is 9.78 Å². The van der Waals surface area contributed by atoms with E-state index >= 15 is 0 Å². The minimum absolute atomic E-state index is 0.0737. The molecule has 2 N–H and O–H groups in total. The van der Waals surface area contributed by atoms with Gasteiger partial charge in [-0.1, -0.05) is 17.7 Å². The number of rotatable bonds is 3. The van der Waals surface area contributed by atoms with E-state index in [9.17, 15) is 9.90 Å². The molecule has 2 aromatic heterocycles. The third-order valence-corrected chi connectivity index (χ3v) is 4.15. The highest BCUT2D eigenvalue weighted by atomic mass is 79.9. The third-order valence-electron chi connectivity index (χ3n) is 2.91. The molecular weight excluding hydrogens is 358 g/mol. The van der Waals surface area contributed by atoms with Crippen LogP contribution >= 0.6 is 27.5 Å². The number of carbonyl (C=O) groups is 1. The summed E-state index contributed by atoms with van der Waals surface area (Å²) >= 11 is 9.34. The van der Waals surface area contributed by atoms with Crippen molar-refractivity contribution in [2.24, 2.45) is 0 Å². The van der Waals surface area contributed by atoms with Crippen LogP contribution in [0.5, 0.6) is 0 Å². The van der Waals surface area contributed by atoms with Crippen molar-refractivity contribution < 1.29 is 9.90 Å². The van der Waals surface area contributed by atoms with Crippen LogP contribution < -0.4 is 5.32 Å². The second-order valence-electron chi connectivity index (χ2n) is 4.30. The van der Waals surface area contributed by atoms with Crippen LogP contribution in [0, 0.1) is 0 Å². The maximum absolute atomic E-state index is 11.5. The summed E-state index contributed by atoms with van der Waals surface area (Å²) in [7, 11) is 0. The number of carboxylic acids is 1. The van der Waals surface area contributed by atoms with Crippen molar-refractivity contribution in [2.75, 3.05) is 5.32 Å². The number of pyridine rings is 1. The first kappa shape index (κ1) is 13.9. The number of fused-ring (bicyclic) bond motifs is 1. The normalized spacial score (nSPS) is 10.8. The third kappa shape index (κ3) is 2.59. The molecule has 3 rings (SSSR count). The Labute approximate surface area is 133 Å². The number of nitrogens with one attached hydrogen (secondary N) is 1. The van der Waals surface area contributed by atoms with E-state index in [2.05, 4.69) is 26.2 Å². The molecule has 0 saturated heterocycles. The van der Waals surface area contributed by atoms with Crippen LogP contribution in [0.25, 0.3) is 5.65 Å². The smallest absolute Gasteiger partial charge is 0.356 e. The summed E-state index contributed by atoms with van der Waals surface area (Å²) in [6.07, 6.45) is 1.66. The van der Waals surface area contributed by atoms with Crippen molar-refractivity contribution in [3.05, 3.63) is 57.8 Å². The minimum atomic E-state index is -1.06. The summed E-state index contributed by atoms with van der Waals surface area (Å²) in [5, 5.41) is 12.9. The summed E-state index contributed by atoms with van der Waals surface area (Å²) in [6.45, 7) is 0. The SMILES string of the molecule is O=C(O)c1c(Nc2ccc(Br)c(Cl)c2)nc2ccccn12. The summed E-state index contributed by atoms with van der Waals surface area (Å²) in [6, 6.07) is 10.6. The fourth-order valence-electron chi connectivity index (χ4n) is 2.00. The fraction of sp³-hybridized carbons (Fsp3) is 0. The summed E-state index contributed by atoms with van der Waals surface area (Å²) in [5.74, 6) is -0.786. The summed E-state index contributed by atoms with van der Waals surface area (Å²) < 4.78 is 2.29. The first-order valence-corrected chi connectivity index (χ1v) is 7.16. The monoisotopic (exact) mass is 365 g/mol.